The van der Waals surface area contributed by atoms with E-state index in [0.717, 1.165) is 12.0 Å². The number of pyridine rings is 1. The molecule has 1 heterocycles. The van der Waals surface area contributed by atoms with Crippen molar-refractivity contribution in [2.24, 2.45) is 5.84 Å². The fourth-order valence-electron chi connectivity index (χ4n) is 2.51. The number of nitrogens with two attached hydrogens (primary N) is 1. The first-order valence-electron chi connectivity index (χ1n) is 6.55. The maximum Gasteiger partial charge on any atom is 0.0504 e. The SMILES string of the molecule is Cc1cnccc1C(Cc1c(C)cccc1C)NN. The van der Waals surface area contributed by atoms with Gasteiger partial charge < -0.3 is 0 Å². The number of aromatic nitrogens is 1. The Balaban J connectivity index is 2.32. The number of aryl methyl sites for hydroxylation is 3. The molecule has 0 amide bonds. The maximum atomic E-state index is 5.75. The smallest absolute Gasteiger partial charge is 0.0504 e. The summed E-state index contributed by atoms with van der Waals surface area (Å²) in [6.07, 6.45) is 4.58. The molecule has 0 radical (unpaired) electrons. The highest BCUT2D eigenvalue weighted by Crippen LogP contribution is 2.24. The van der Waals surface area contributed by atoms with Gasteiger partial charge in [0.2, 0.25) is 0 Å². The summed E-state index contributed by atoms with van der Waals surface area (Å²) in [5.74, 6) is 5.75. The van der Waals surface area contributed by atoms with Gasteiger partial charge in [0.05, 0.1) is 6.04 Å². The lowest BCUT2D eigenvalue weighted by Gasteiger charge is -2.20. The van der Waals surface area contributed by atoms with Crippen LogP contribution in [-0.2, 0) is 6.42 Å². The summed E-state index contributed by atoms with van der Waals surface area (Å²) in [5.41, 5.74) is 9.29. The number of rotatable bonds is 4. The highest BCUT2D eigenvalue weighted by atomic mass is 15.2. The average Bonchev–Trinajstić information content (AvgIpc) is 2.40. The van der Waals surface area contributed by atoms with Crippen LogP contribution in [0.5, 0.6) is 0 Å². The quantitative estimate of drug-likeness (QED) is 0.652. The van der Waals surface area contributed by atoms with Crippen LogP contribution in [0.3, 0.4) is 0 Å². The molecule has 1 atom stereocenters. The predicted octanol–water partition coefficient (Wildman–Crippen LogP) is 2.75. The molecular weight excluding hydrogens is 234 g/mol. The molecule has 2 rings (SSSR count). The lowest BCUT2D eigenvalue weighted by atomic mass is 9.92. The van der Waals surface area contributed by atoms with Crippen molar-refractivity contribution < 1.29 is 0 Å². The first-order valence-corrected chi connectivity index (χ1v) is 6.55. The van der Waals surface area contributed by atoms with Gasteiger partial charge in [-0.25, -0.2) is 0 Å². The Kier molecular flexibility index (Phi) is 4.30. The van der Waals surface area contributed by atoms with E-state index < -0.39 is 0 Å². The molecule has 1 aromatic carbocycles. The van der Waals surface area contributed by atoms with Crippen molar-refractivity contribution in [3.05, 3.63) is 64.5 Å². The Hall–Kier alpha value is -1.71. The molecule has 0 saturated heterocycles. The Morgan fingerprint density at radius 3 is 2.37 bits per heavy atom. The summed E-state index contributed by atoms with van der Waals surface area (Å²) in [7, 11) is 0. The lowest BCUT2D eigenvalue weighted by molar-refractivity contribution is 0.546. The zero-order valence-corrected chi connectivity index (χ0v) is 11.8. The van der Waals surface area contributed by atoms with E-state index in [1.54, 1.807) is 0 Å². The number of nitrogens with one attached hydrogen (secondary N) is 1. The Labute approximate surface area is 114 Å². The normalized spacial score (nSPS) is 12.4. The van der Waals surface area contributed by atoms with Gasteiger partial charge in [-0.1, -0.05) is 18.2 Å². The molecule has 0 aliphatic carbocycles. The minimum atomic E-state index is 0.114. The zero-order chi connectivity index (χ0) is 13.8. The molecule has 0 aliphatic rings. The third kappa shape index (κ3) is 3.00. The van der Waals surface area contributed by atoms with E-state index in [1.807, 2.05) is 18.5 Å². The van der Waals surface area contributed by atoms with Crippen LogP contribution in [0, 0.1) is 20.8 Å². The number of benzene rings is 1. The maximum absolute atomic E-state index is 5.75. The largest absolute Gasteiger partial charge is 0.271 e. The van der Waals surface area contributed by atoms with E-state index in [2.05, 4.69) is 49.4 Å². The van der Waals surface area contributed by atoms with E-state index in [0.29, 0.717) is 0 Å². The van der Waals surface area contributed by atoms with Gasteiger partial charge in [0.1, 0.15) is 0 Å². The van der Waals surface area contributed by atoms with Gasteiger partial charge in [-0.2, -0.15) is 0 Å². The van der Waals surface area contributed by atoms with E-state index in [1.165, 1.54) is 22.3 Å². The van der Waals surface area contributed by atoms with Crippen molar-refractivity contribution in [1.82, 2.24) is 10.4 Å². The molecule has 3 N–H and O–H groups in total. The van der Waals surface area contributed by atoms with Crippen LogP contribution in [0.2, 0.25) is 0 Å². The van der Waals surface area contributed by atoms with Crippen LogP contribution in [-0.4, -0.2) is 4.98 Å². The van der Waals surface area contributed by atoms with Crippen LogP contribution in [0.1, 0.15) is 33.9 Å². The predicted molar refractivity (Wildman–Crippen MR) is 78.7 cm³/mol. The standard InChI is InChI=1S/C16H21N3/c1-11-5-4-6-12(2)15(11)9-16(19-17)14-7-8-18-10-13(14)3/h4-8,10,16,19H,9,17H2,1-3H3. The van der Waals surface area contributed by atoms with Crippen molar-refractivity contribution >= 4 is 0 Å². The number of hydrazine groups is 1. The second kappa shape index (κ2) is 5.95. The number of nitrogens with zero attached hydrogens (tertiary/aromatic N) is 1. The van der Waals surface area contributed by atoms with E-state index in [-0.39, 0.29) is 6.04 Å². The molecule has 2 aromatic rings. The summed E-state index contributed by atoms with van der Waals surface area (Å²) >= 11 is 0. The first kappa shape index (κ1) is 13.7. The van der Waals surface area contributed by atoms with Crippen molar-refractivity contribution in [3.8, 4) is 0 Å². The van der Waals surface area contributed by atoms with E-state index in [4.69, 9.17) is 5.84 Å². The fraction of sp³-hybridized carbons (Fsp3) is 0.312. The Morgan fingerprint density at radius 2 is 1.79 bits per heavy atom. The average molecular weight is 255 g/mol. The highest BCUT2D eigenvalue weighted by molar-refractivity contribution is 5.36. The molecular formula is C16H21N3. The van der Waals surface area contributed by atoms with Crippen molar-refractivity contribution in [2.45, 2.75) is 33.2 Å². The van der Waals surface area contributed by atoms with Gasteiger partial charge in [0, 0.05) is 12.4 Å². The molecule has 19 heavy (non-hydrogen) atoms. The third-order valence-electron chi connectivity index (χ3n) is 3.69. The van der Waals surface area contributed by atoms with Crippen LogP contribution in [0.25, 0.3) is 0 Å². The minimum Gasteiger partial charge on any atom is -0.271 e. The van der Waals surface area contributed by atoms with Gasteiger partial charge in [-0.15, -0.1) is 0 Å². The summed E-state index contributed by atoms with van der Waals surface area (Å²) in [4.78, 5) is 4.14. The Morgan fingerprint density at radius 1 is 1.11 bits per heavy atom. The summed E-state index contributed by atoms with van der Waals surface area (Å²) < 4.78 is 0. The van der Waals surface area contributed by atoms with Gasteiger partial charge in [0.15, 0.2) is 0 Å². The summed E-state index contributed by atoms with van der Waals surface area (Å²) in [6, 6.07) is 8.54. The lowest BCUT2D eigenvalue weighted by Crippen LogP contribution is -2.30. The second-order valence-electron chi connectivity index (χ2n) is 5.03. The number of hydrogen-bond donors (Lipinski definition) is 2. The van der Waals surface area contributed by atoms with E-state index in [9.17, 15) is 0 Å². The molecule has 1 unspecified atom stereocenters. The van der Waals surface area contributed by atoms with Crippen molar-refractivity contribution in [2.75, 3.05) is 0 Å². The zero-order valence-electron chi connectivity index (χ0n) is 11.8. The molecule has 100 valence electrons. The number of hydrogen-bond acceptors (Lipinski definition) is 3. The van der Waals surface area contributed by atoms with Crippen molar-refractivity contribution in [1.29, 1.82) is 0 Å². The van der Waals surface area contributed by atoms with E-state index >= 15 is 0 Å². The Bertz CT molecular complexity index is 543. The van der Waals surface area contributed by atoms with Crippen molar-refractivity contribution in [3.63, 3.8) is 0 Å². The molecule has 3 nitrogen and oxygen atoms in total. The van der Waals surface area contributed by atoms with Crippen LogP contribution >= 0.6 is 0 Å². The molecule has 3 heteroatoms. The first-order chi connectivity index (χ1) is 9.13. The topological polar surface area (TPSA) is 50.9 Å². The highest BCUT2D eigenvalue weighted by Gasteiger charge is 2.15. The molecule has 1 aromatic heterocycles. The molecule has 0 saturated carbocycles. The van der Waals surface area contributed by atoms with Crippen LogP contribution in [0.4, 0.5) is 0 Å². The molecule has 0 bridgehead atoms. The summed E-state index contributed by atoms with van der Waals surface area (Å²) in [5, 5.41) is 0. The third-order valence-corrected chi connectivity index (χ3v) is 3.69. The molecule has 0 aliphatic heterocycles. The van der Waals surface area contributed by atoms with Gasteiger partial charge in [-0.3, -0.25) is 16.3 Å². The van der Waals surface area contributed by atoms with Crippen LogP contribution < -0.4 is 11.3 Å². The monoisotopic (exact) mass is 255 g/mol. The second-order valence-corrected chi connectivity index (χ2v) is 5.03. The van der Waals surface area contributed by atoms with Crippen LogP contribution in [0.15, 0.2) is 36.7 Å². The fourth-order valence-corrected chi connectivity index (χ4v) is 2.51. The minimum absolute atomic E-state index is 0.114. The van der Waals surface area contributed by atoms with Gasteiger partial charge >= 0.3 is 0 Å². The van der Waals surface area contributed by atoms with Gasteiger partial charge in [-0.05, 0) is 61.1 Å². The summed E-state index contributed by atoms with van der Waals surface area (Å²) in [6.45, 7) is 6.36. The van der Waals surface area contributed by atoms with Gasteiger partial charge in [0.25, 0.3) is 0 Å². The molecule has 0 spiro atoms. The molecule has 0 fully saturated rings.